The van der Waals surface area contributed by atoms with Crippen molar-refractivity contribution in [1.29, 1.82) is 0 Å². The van der Waals surface area contributed by atoms with E-state index in [-0.39, 0.29) is 18.2 Å². The lowest BCUT2D eigenvalue weighted by atomic mass is 10.2. The first-order chi connectivity index (χ1) is 9.73. The summed E-state index contributed by atoms with van der Waals surface area (Å²) in [6.07, 6.45) is 2.56. The third kappa shape index (κ3) is 3.39. The number of aryl methyl sites for hydroxylation is 2. The number of imidazole rings is 1. The summed E-state index contributed by atoms with van der Waals surface area (Å²) in [6.45, 7) is 11.9. The number of hydrogen-bond donors (Lipinski definition) is 1. The van der Waals surface area contributed by atoms with E-state index in [4.69, 9.17) is 4.74 Å². The molecule has 1 aromatic rings. The zero-order chi connectivity index (χ0) is 15.8. The molecule has 1 amide bonds. The zero-order valence-corrected chi connectivity index (χ0v) is 14.0. The lowest BCUT2D eigenvalue weighted by molar-refractivity contribution is 0.0151. The largest absolute Gasteiger partial charge is 0.444 e. The Morgan fingerprint density at radius 2 is 2.10 bits per heavy atom. The molecule has 5 nitrogen and oxygen atoms in total. The number of ether oxygens (including phenoxy) is 1. The number of carbonyl (C=O) groups excluding carboxylic acids is 1. The molecule has 2 heterocycles. The molecular weight excluding hydrogens is 266 g/mol. The molecule has 1 N–H and O–H groups in total. The van der Waals surface area contributed by atoms with Gasteiger partial charge in [-0.05, 0) is 53.9 Å². The summed E-state index contributed by atoms with van der Waals surface area (Å²) >= 11 is 0. The van der Waals surface area contributed by atoms with Crippen molar-refractivity contribution >= 4 is 6.09 Å². The molecule has 0 aliphatic carbocycles. The highest BCUT2D eigenvalue weighted by Gasteiger charge is 2.39. The molecule has 1 saturated heterocycles. The third-order valence-corrected chi connectivity index (χ3v) is 3.93. The van der Waals surface area contributed by atoms with Crippen molar-refractivity contribution < 1.29 is 9.53 Å². The van der Waals surface area contributed by atoms with Crippen LogP contribution in [-0.2, 0) is 11.2 Å². The Bertz CT molecular complexity index is 516. The van der Waals surface area contributed by atoms with Crippen molar-refractivity contribution in [1.82, 2.24) is 14.9 Å². The Labute approximate surface area is 127 Å². The highest BCUT2D eigenvalue weighted by atomic mass is 16.6. The lowest BCUT2D eigenvalue weighted by Crippen LogP contribution is -2.40. The van der Waals surface area contributed by atoms with E-state index < -0.39 is 5.60 Å². The Hall–Kier alpha value is -1.52. The number of nitrogens with zero attached hydrogens (tertiary/aromatic N) is 2. The molecule has 2 unspecified atom stereocenters. The maximum atomic E-state index is 12.5. The second kappa shape index (κ2) is 5.70. The third-order valence-electron chi connectivity index (χ3n) is 3.93. The summed E-state index contributed by atoms with van der Waals surface area (Å²) in [5.74, 6) is 0.888. The quantitative estimate of drug-likeness (QED) is 0.903. The van der Waals surface area contributed by atoms with Gasteiger partial charge in [-0.1, -0.05) is 6.92 Å². The van der Waals surface area contributed by atoms with Crippen molar-refractivity contribution in [2.24, 2.45) is 0 Å². The van der Waals surface area contributed by atoms with Crippen LogP contribution in [0.15, 0.2) is 0 Å². The maximum Gasteiger partial charge on any atom is 0.411 e. The Balaban J connectivity index is 2.23. The van der Waals surface area contributed by atoms with Crippen LogP contribution >= 0.6 is 0 Å². The van der Waals surface area contributed by atoms with E-state index in [9.17, 15) is 4.79 Å². The van der Waals surface area contributed by atoms with E-state index in [0.29, 0.717) is 0 Å². The van der Waals surface area contributed by atoms with Gasteiger partial charge >= 0.3 is 6.09 Å². The van der Waals surface area contributed by atoms with Gasteiger partial charge in [0.05, 0.1) is 11.7 Å². The molecule has 0 radical (unpaired) electrons. The number of H-pyrrole nitrogens is 1. The average molecular weight is 293 g/mol. The number of rotatable bonds is 2. The topological polar surface area (TPSA) is 58.2 Å². The van der Waals surface area contributed by atoms with Crippen LogP contribution in [0.1, 0.15) is 70.7 Å². The second-order valence-electron chi connectivity index (χ2n) is 6.88. The summed E-state index contributed by atoms with van der Waals surface area (Å²) in [6, 6.07) is 0.175. The van der Waals surface area contributed by atoms with Crippen LogP contribution < -0.4 is 0 Å². The Morgan fingerprint density at radius 1 is 1.43 bits per heavy atom. The molecule has 118 valence electrons. The number of likely N-dealkylation sites (tertiary alicyclic amines) is 1. The molecule has 1 aliphatic rings. The molecule has 5 heteroatoms. The predicted octanol–water partition coefficient (Wildman–Crippen LogP) is 3.74. The van der Waals surface area contributed by atoms with Crippen LogP contribution in [0.5, 0.6) is 0 Å². The predicted molar refractivity (Wildman–Crippen MR) is 82.2 cm³/mol. The van der Waals surface area contributed by atoms with E-state index in [1.54, 1.807) is 0 Å². The van der Waals surface area contributed by atoms with Crippen molar-refractivity contribution in [3.8, 4) is 0 Å². The van der Waals surface area contributed by atoms with Crippen LogP contribution in [0.4, 0.5) is 4.79 Å². The first-order valence-electron chi connectivity index (χ1n) is 7.79. The number of hydrogen-bond acceptors (Lipinski definition) is 3. The minimum atomic E-state index is -0.475. The molecule has 21 heavy (non-hydrogen) atoms. The highest BCUT2D eigenvalue weighted by molar-refractivity contribution is 5.69. The van der Waals surface area contributed by atoms with Gasteiger partial charge in [0.25, 0.3) is 0 Å². The molecule has 0 spiro atoms. The van der Waals surface area contributed by atoms with Gasteiger partial charge < -0.3 is 9.72 Å². The standard InChI is InChI=1S/C16H27N3O2/c1-7-12-11(3)17-14(18-12)13-9-8-10(2)19(13)15(20)21-16(4,5)6/h10,13H,7-9H2,1-6H3,(H,17,18). The molecule has 2 rings (SSSR count). The van der Waals surface area contributed by atoms with Gasteiger partial charge in [-0.3, -0.25) is 4.90 Å². The summed E-state index contributed by atoms with van der Waals surface area (Å²) in [5, 5.41) is 0. The molecule has 0 bridgehead atoms. The number of carbonyl (C=O) groups is 1. The molecular formula is C16H27N3O2. The van der Waals surface area contributed by atoms with Gasteiger partial charge in [-0.25, -0.2) is 9.78 Å². The van der Waals surface area contributed by atoms with Gasteiger partial charge in [0.1, 0.15) is 11.4 Å². The molecule has 0 aromatic carbocycles. The number of aromatic nitrogens is 2. The fourth-order valence-electron chi connectivity index (χ4n) is 2.90. The van der Waals surface area contributed by atoms with Gasteiger partial charge in [0.15, 0.2) is 0 Å². The average Bonchev–Trinajstić information content (AvgIpc) is 2.90. The first-order valence-corrected chi connectivity index (χ1v) is 7.79. The molecule has 1 fully saturated rings. The fourth-order valence-corrected chi connectivity index (χ4v) is 2.90. The summed E-state index contributed by atoms with van der Waals surface area (Å²) < 4.78 is 5.55. The zero-order valence-electron chi connectivity index (χ0n) is 14.0. The van der Waals surface area contributed by atoms with Gasteiger partial charge in [-0.15, -0.1) is 0 Å². The van der Waals surface area contributed by atoms with Crippen molar-refractivity contribution in [2.45, 2.75) is 78.5 Å². The minimum absolute atomic E-state index is 0.00569. The molecule has 0 saturated carbocycles. The summed E-state index contributed by atoms with van der Waals surface area (Å²) in [4.78, 5) is 22.3. The number of nitrogens with one attached hydrogen (secondary N) is 1. The molecule has 2 atom stereocenters. The second-order valence-corrected chi connectivity index (χ2v) is 6.88. The van der Waals surface area contributed by atoms with Crippen LogP contribution in [0.2, 0.25) is 0 Å². The van der Waals surface area contributed by atoms with Crippen LogP contribution in [0, 0.1) is 6.92 Å². The van der Waals surface area contributed by atoms with E-state index in [0.717, 1.165) is 36.5 Å². The molecule has 1 aliphatic heterocycles. The lowest BCUT2D eigenvalue weighted by Gasteiger charge is -2.30. The van der Waals surface area contributed by atoms with E-state index in [1.165, 1.54) is 0 Å². The van der Waals surface area contributed by atoms with Gasteiger partial charge in [0.2, 0.25) is 0 Å². The van der Waals surface area contributed by atoms with Crippen LogP contribution in [0.25, 0.3) is 0 Å². The highest BCUT2D eigenvalue weighted by Crippen LogP contribution is 2.36. The first kappa shape index (κ1) is 15.9. The fraction of sp³-hybridized carbons (Fsp3) is 0.750. The summed E-state index contributed by atoms with van der Waals surface area (Å²) in [5.41, 5.74) is 1.70. The van der Waals surface area contributed by atoms with Crippen molar-refractivity contribution in [2.75, 3.05) is 0 Å². The van der Waals surface area contributed by atoms with E-state index >= 15 is 0 Å². The Kier molecular flexibility index (Phi) is 4.30. The van der Waals surface area contributed by atoms with E-state index in [2.05, 4.69) is 23.8 Å². The van der Waals surface area contributed by atoms with Gasteiger partial charge in [0, 0.05) is 11.7 Å². The SMILES string of the molecule is CCc1nc(C2CCC(C)N2C(=O)OC(C)(C)C)[nH]c1C. The van der Waals surface area contributed by atoms with Crippen molar-refractivity contribution in [3.05, 3.63) is 17.2 Å². The smallest absolute Gasteiger partial charge is 0.411 e. The van der Waals surface area contributed by atoms with Crippen molar-refractivity contribution in [3.63, 3.8) is 0 Å². The number of amides is 1. The summed E-state index contributed by atoms with van der Waals surface area (Å²) in [7, 11) is 0. The number of aromatic amines is 1. The minimum Gasteiger partial charge on any atom is -0.444 e. The van der Waals surface area contributed by atoms with E-state index in [1.807, 2.05) is 32.6 Å². The normalized spacial score (nSPS) is 22.7. The monoisotopic (exact) mass is 293 g/mol. The maximum absolute atomic E-state index is 12.5. The van der Waals surface area contributed by atoms with Gasteiger partial charge in [-0.2, -0.15) is 0 Å². The molecule has 1 aromatic heterocycles. The van der Waals surface area contributed by atoms with Crippen LogP contribution in [0.3, 0.4) is 0 Å². The van der Waals surface area contributed by atoms with Crippen LogP contribution in [-0.4, -0.2) is 32.6 Å². The Morgan fingerprint density at radius 3 is 2.62 bits per heavy atom.